The lowest BCUT2D eigenvalue weighted by Crippen LogP contribution is -2.05. The van der Waals surface area contributed by atoms with Gasteiger partial charge in [0.1, 0.15) is 5.65 Å². The lowest BCUT2D eigenvalue weighted by atomic mass is 10.2. The number of aromatic nitrogens is 2. The molecule has 0 aliphatic rings. The number of hydrogen-bond donors (Lipinski definition) is 1. The van der Waals surface area contributed by atoms with Gasteiger partial charge in [0.25, 0.3) is 0 Å². The van der Waals surface area contributed by atoms with Crippen LogP contribution in [0.1, 0.15) is 11.1 Å². The van der Waals surface area contributed by atoms with Crippen LogP contribution in [-0.4, -0.2) is 18.4 Å². The molecule has 0 unspecified atom stereocenters. The normalized spacial score (nSPS) is 12.0. The fraction of sp³-hybridized carbons (Fsp3) is 0.133. The summed E-state index contributed by atoms with van der Waals surface area (Å²) in [6, 6.07) is 6.87. The molecule has 0 saturated carbocycles. The number of nitrogens with zero attached hydrogens (tertiary/aromatic N) is 1. The summed E-state index contributed by atoms with van der Waals surface area (Å²) in [5.74, 6) is 0. The molecule has 4 nitrogen and oxygen atoms in total. The predicted molar refractivity (Wildman–Crippen MR) is 85.2 cm³/mol. The zero-order chi connectivity index (χ0) is 15.2. The van der Waals surface area contributed by atoms with Crippen LogP contribution in [0.5, 0.6) is 0 Å². The second kappa shape index (κ2) is 4.96. The number of rotatable bonds is 2. The van der Waals surface area contributed by atoms with E-state index in [4.69, 9.17) is 0 Å². The zero-order valence-electron chi connectivity index (χ0n) is 11.5. The summed E-state index contributed by atoms with van der Waals surface area (Å²) in [6.45, 7) is 3.68. The molecule has 108 valence electrons. The average Bonchev–Trinajstić information content (AvgIpc) is 2.80. The van der Waals surface area contributed by atoms with Crippen LogP contribution < -0.4 is 0 Å². The fourth-order valence-electron chi connectivity index (χ4n) is 2.31. The summed E-state index contributed by atoms with van der Waals surface area (Å²) in [4.78, 5) is 7.78. The van der Waals surface area contributed by atoms with Crippen LogP contribution in [0, 0.1) is 13.8 Å². The van der Waals surface area contributed by atoms with Gasteiger partial charge in [0.2, 0.25) is 9.84 Å². The molecule has 21 heavy (non-hydrogen) atoms. The van der Waals surface area contributed by atoms with Crippen LogP contribution in [0.4, 0.5) is 0 Å². The molecule has 3 rings (SSSR count). The van der Waals surface area contributed by atoms with Crippen LogP contribution >= 0.6 is 15.9 Å². The highest BCUT2D eigenvalue weighted by atomic mass is 79.9. The summed E-state index contributed by atoms with van der Waals surface area (Å²) in [7, 11) is -3.60. The number of aromatic amines is 1. The number of fused-ring (bicyclic) bond motifs is 1. The molecule has 0 amide bonds. The number of nitrogens with one attached hydrogen (secondary N) is 1. The van der Waals surface area contributed by atoms with E-state index in [1.807, 2.05) is 6.92 Å². The number of sulfone groups is 1. The minimum Gasteiger partial charge on any atom is -0.345 e. The summed E-state index contributed by atoms with van der Waals surface area (Å²) in [6.07, 6.45) is 3.28. The first-order chi connectivity index (χ1) is 9.91. The SMILES string of the molecule is Cc1ccc(S(=O)(=O)c2c(C)cnc3[nH]cc(Br)c23)cc1. The molecule has 1 aromatic carbocycles. The molecule has 2 heterocycles. The molecule has 3 aromatic rings. The first-order valence-corrected chi connectivity index (χ1v) is 8.63. The third-order valence-electron chi connectivity index (χ3n) is 3.38. The van der Waals surface area contributed by atoms with Gasteiger partial charge in [-0.15, -0.1) is 0 Å². The Morgan fingerprint density at radius 1 is 1.14 bits per heavy atom. The zero-order valence-corrected chi connectivity index (χ0v) is 13.9. The Hall–Kier alpha value is -1.66. The minimum atomic E-state index is -3.60. The third-order valence-corrected chi connectivity index (χ3v) is 5.97. The Morgan fingerprint density at radius 2 is 1.81 bits per heavy atom. The topological polar surface area (TPSA) is 62.8 Å². The van der Waals surface area contributed by atoms with Crippen molar-refractivity contribution in [3.63, 3.8) is 0 Å². The van der Waals surface area contributed by atoms with Crippen molar-refractivity contribution in [2.45, 2.75) is 23.6 Å². The molecular formula is C15H13BrN2O2S. The molecule has 0 bridgehead atoms. The number of H-pyrrole nitrogens is 1. The van der Waals surface area contributed by atoms with Crippen LogP contribution in [0.25, 0.3) is 11.0 Å². The van der Waals surface area contributed by atoms with Crippen molar-refractivity contribution >= 4 is 36.8 Å². The second-order valence-electron chi connectivity index (χ2n) is 4.95. The smallest absolute Gasteiger partial charge is 0.207 e. The predicted octanol–water partition coefficient (Wildman–Crippen LogP) is 3.78. The highest BCUT2D eigenvalue weighted by Gasteiger charge is 2.25. The molecule has 6 heteroatoms. The van der Waals surface area contributed by atoms with E-state index >= 15 is 0 Å². The van der Waals surface area contributed by atoms with E-state index < -0.39 is 9.84 Å². The summed E-state index contributed by atoms with van der Waals surface area (Å²) < 4.78 is 26.6. The maximum absolute atomic E-state index is 13.0. The minimum absolute atomic E-state index is 0.289. The van der Waals surface area contributed by atoms with E-state index in [-0.39, 0.29) is 4.90 Å². The Kier molecular flexibility index (Phi) is 3.37. The Labute approximate surface area is 131 Å². The molecule has 0 radical (unpaired) electrons. The van der Waals surface area contributed by atoms with E-state index in [0.717, 1.165) is 5.56 Å². The molecule has 0 spiro atoms. The van der Waals surface area contributed by atoms with Gasteiger partial charge in [-0.2, -0.15) is 0 Å². The van der Waals surface area contributed by atoms with Crippen LogP contribution in [0.3, 0.4) is 0 Å². The monoisotopic (exact) mass is 364 g/mol. The standard InChI is InChI=1S/C15H13BrN2O2S/c1-9-3-5-11(6-4-9)21(19,20)14-10(2)7-17-15-13(14)12(16)8-18-15/h3-8H,1-2H3,(H,17,18). The van der Waals surface area contributed by atoms with Crippen molar-refractivity contribution in [1.29, 1.82) is 0 Å². The highest BCUT2D eigenvalue weighted by molar-refractivity contribution is 9.10. The molecule has 0 fully saturated rings. The van der Waals surface area contributed by atoms with Gasteiger partial charge in [0, 0.05) is 16.9 Å². The first kappa shape index (κ1) is 14.3. The van der Waals surface area contributed by atoms with E-state index in [1.54, 1.807) is 43.6 Å². The summed E-state index contributed by atoms with van der Waals surface area (Å²) in [5.41, 5.74) is 2.20. The number of aryl methyl sites for hydroxylation is 2. The van der Waals surface area contributed by atoms with Crippen LogP contribution in [-0.2, 0) is 9.84 Å². The van der Waals surface area contributed by atoms with Crippen LogP contribution in [0.2, 0.25) is 0 Å². The third kappa shape index (κ3) is 2.28. The largest absolute Gasteiger partial charge is 0.345 e. The van der Waals surface area contributed by atoms with E-state index in [1.165, 1.54) is 0 Å². The molecule has 2 aromatic heterocycles. The van der Waals surface area contributed by atoms with Crippen molar-refractivity contribution in [1.82, 2.24) is 9.97 Å². The first-order valence-electron chi connectivity index (χ1n) is 6.35. The van der Waals surface area contributed by atoms with Crippen molar-refractivity contribution in [3.05, 3.63) is 52.3 Å². The number of halogens is 1. The quantitative estimate of drug-likeness (QED) is 0.752. The Bertz CT molecular complexity index is 928. The van der Waals surface area contributed by atoms with Gasteiger partial charge < -0.3 is 4.98 Å². The molecule has 0 aliphatic carbocycles. The van der Waals surface area contributed by atoms with Gasteiger partial charge in [0.15, 0.2) is 0 Å². The Morgan fingerprint density at radius 3 is 2.48 bits per heavy atom. The average molecular weight is 365 g/mol. The lowest BCUT2D eigenvalue weighted by molar-refractivity contribution is 0.596. The van der Waals surface area contributed by atoms with E-state index in [0.29, 0.717) is 26.0 Å². The second-order valence-corrected chi connectivity index (χ2v) is 7.69. The number of benzene rings is 1. The maximum Gasteiger partial charge on any atom is 0.207 e. The van der Waals surface area contributed by atoms with Gasteiger partial charge in [0.05, 0.1) is 15.2 Å². The highest BCUT2D eigenvalue weighted by Crippen LogP contribution is 2.34. The molecular weight excluding hydrogens is 352 g/mol. The molecule has 0 atom stereocenters. The maximum atomic E-state index is 13.0. The number of hydrogen-bond acceptors (Lipinski definition) is 3. The molecule has 0 aliphatic heterocycles. The molecule has 1 N–H and O–H groups in total. The summed E-state index contributed by atoms with van der Waals surface area (Å²) in [5, 5.41) is 0.593. The summed E-state index contributed by atoms with van der Waals surface area (Å²) >= 11 is 3.39. The van der Waals surface area contributed by atoms with E-state index in [9.17, 15) is 8.42 Å². The molecule has 0 saturated heterocycles. The van der Waals surface area contributed by atoms with Gasteiger partial charge in [-0.1, -0.05) is 17.7 Å². The van der Waals surface area contributed by atoms with Gasteiger partial charge in [-0.3, -0.25) is 0 Å². The number of pyridine rings is 1. The van der Waals surface area contributed by atoms with Gasteiger partial charge in [-0.25, -0.2) is 13.4 Å². The van der Waals surface area contributed by atoms with Crippen LogP contribution in [0.15, 0.2) is 50.9 Å². The Balaban J connectivity index is 2.35. The lowest BCUT2D eigenvalue weighted by Gasteiger charge is -2.10. The van der Waals surface area contributed by atoms with Gasteiger partial charge >= 0.3 is 0 Å². The van der Waals surface area contributed by atoms with Crippen molar-refractivity contribution in [2.75, 3.05) is 0 Å². The van der Waals surface area contributed by atoms with Crippen molar-refractivity contribution in [3.8, 4) is 0 Å². The van der Waals surface area contributed by atoms with E-state index in [2.05, 4.69) is 25.9 Å². The fourth-order valence-corrected chi connectivity index (χ4v) is 4.62. The van der Waals surface area contributed by atoms with Gasteiger partial charge in [-0.05, 0) is 47.5 Å². The van der Waals surface area contributed by atoms with Crippen molar-refractivity contribution in [2.24, 2.45) is 0 Å². The van der Waals surface area contributed by atoms with Crippen molar-refractivity contribution < 1.29 is 8.42 Å².